The van der Waals surface area contributed by atoms with Gasteiger partial charge in [0.1, 0.15) is 5.78 Å². The van der Waals surface area contributed by atoms with Crippen LogP contribution in [0.2, 0.25) is 0 Å². The van der Waals surface area contributed by atoms with Crippen LogP contribution in [0.3, 0.4) is 0 Å². The normalized spacial score (nSPS) is 23.6. The van der Waals surface area contributed by atoms with Gasteiger partial charge in [0.25, 0.3) is 5.91 Å². The van der Waals surface area contributed by atoms with E-state index < -0.39 is 6.03 Å². The summed E-state index contributed by atoms with van der Waals surface area (Å²) in [7, 11) is 0. The van der Waals surface area contributed by atoms with Crippen LogP contribution in [0.5, 0.6) is 0 Å². The first-order valence-corrected chi connectivity index (χ1v) is 10.0. The molecule has 1 saturated carbocycles. The molecule has 0 radical (unpaired) electrons. The number of rotatable bonds is 4. The fourth-order valence-electron chi connectivity index (χ4n) is 4.34. The van der Waals surface area contributed by atoms with E-state index in [0.29, 0.717) is 24.3 Å². The fourth-order valence-corrected chi connectivity index (χ4v) is 4.34. The second kappa shape index (κ2) is 9.02. The number of carbonyl (C=O) groups excluding carboxylic acids is 3. The number of carbonyl (C=O) groups is 3. The number of likely N-dealkylation sites (tertiary alicyclic amines) is 1. The molecule has 2 fully saturated rings. The summed E-state index contributed by atoms with van der Waals surface area (Å²) in [5, 5.41) is 2.54. The molecule has 0 unspecified atom stereocenters. The number of urea groups is 1. The van der Waals surface area contributed by atoms with Gasteiger partial charge in [-0.1, -0.05) is 31.4 Å². The van der Waals surface area contributed by atoms with Crippen molar-refractivity contribution in [2.75, 3.05) is 6.54 Å². The molecule has 1 aromatic rings. The molecule has 0 bridgehead atoms. The first-order chi connectivity index (χ1) is 13.1. The highest BCUT2D eigenvalue weighted by Crippen LogP contribution is 2.32. The summed E-state index contributed by atoms with van der Waals surface area (Å²) in [6.07, 6.45) is 7.73. The number of hydrogen-bond acceptors (Lipinski definition) is 3. The van der Waals surface area contributed by atoms with Crippen LogP contribution >= 0.6 is 0 Å². The summed E-state index contributed by atoms with van der Waals surface area (Å²) < 4.78 is 0. The maximum absolute atomic E-state index is 13.2. The third-order valence-corrected chi connectivity index (χ3v) is 5.79. The molecule has 2 aliphatic rings. The largest absolute Gasteiger partial charge is 0.352 e. The lowest BCUT2D eigenvalue weighted by atomic mass is 9.80. The topological polar surface area (TPSA) is 92.5 Å². The number of primary amides is 1. The van der Waals surface area contributed by atoms with E-state index in [4.69, 9.17) is 5.73 Å². The van der Waals surface area contributed by atoms with E-state index in [2.05, 4.69) is 5.32 Å². The van der Waals surface area contributed by atoms with Crippen LogP contribution < -0.4 is 11.1 Å². The zero-order valence-electron chi connectivity index (χ0n) is 15.8. The number of nitrogens with one attached hydrogen (secondary N) is 1. The Morgan fingerprint density at radius 1 is 1.04 bits per heavy atom. The van der Waals surface area contributed by atoms with Crippen LogP contribution in [-0.4, -0.2) is 35.2 Å². The Balaban J connectivity index is 1.75. The molecule has 6 nitrogen and oxygen atoms in total. The van der Waals surface area contributed by atoms with Gasteiger partial charge >= 0.3 is 6.03 Å². The average molecular weight is 371 g/mol. The Morgan fingerprint density at radius 3 is 2.48 bits per heavy atom. The van der Waals surface area contributed by atoms with Crippen molar-refractivity contribution < 1.29 is 14.4 Å². The molecule has 1 heterocycles. The molecular formula is C21H29N3O3. The molecule has 6 heteroatoms. The molecule has 2 atom stereocenters. The van der Waals surface area contributed by atoms with Crippen molar-refractivity contribution in [3.8, 4) is 0 Å². The lowest BCUT2D eigenvalue weighted by Crippen LogP contribution is -2.47. The maximum Gasteiger partial charge on any atom is 0.312 e. The number of benzene rings is 1. The van der Waals surface area contributed by atoms with E-state index in [9.17, 15) is 14.4 Å². The van der Waals surface area contributed by atoms with E-state index in [1.165, 1.54) is 0 Å². The van der Waals surface area contributed by atoms with Crippen molar-refractivity contribution in [2.45, 2.75) is 64.0 Å². The van der Waals surface area contributed by atoms with Crippen LogP contribution in [-0.2, 0) is 11.3 Å². The van der Waals surface area contributed by atoms with Gasteiger partial charge in [0.05, 0.1) is 0 Å². The summed E-state index contributed by atoms with van der Waals surface area (Å²) in [6, 6.07) is 6.73. The molecule has 0 spiro atoms. The van der Waals surface area contributed by atoms with E-state index >= 15 is 0 Å². The predicted octanol–water partition coefficient (Wildman–Crippen LogP) is 3.00. The third kappa shape index (κ3) is 4.87. The summed E-state index contributed by atoms with van der Waals surface area (Å²) >= 11 is 0. The number of ketones is 1. The van der Waals surface area contributed by atoms with Crippen LogP contribution in [0.15, 0.2) is 24.3 Å². The highest BCUT2D eigenvalue weighted by Gasteiger charge is 2.36. The molecule has 0 aromatic heterocycles. The third-order valence-electron chi connectivity index (χ3n) is 5.79. The average Bonchev–Trinajstić information content (AvgIpc) is 2.92. The van der Waals surface area contributed by atoms with Crippen LogP contribution in [0, 0.1) is 5.92 Å². The van der Waals surface area contributed by atoms with Crippen LogP contribution in [0.25, 0.3) is 0 Å². The molecular weight excluding hydrogens is 342 g/mol. The monoisotopic (exact) mass is 371 g/mol. The highest BCUT2D eigenvalue weighted by atomic mass is 16.2. The van der Waals surface area contributed by atoms with Gasteiger partial charge in [0.2, 0.25) is 0 Å². The van der Waals surface area contributed by atoms with Gasteiger partial charge in [0, 0.05) is 37.0 Å². The lowest BCUT2D eigenvalue weighted by Gasteiger charge is -2.37. The fraction of sp³-hybridized carbons (Fsp3) is 0.571. The minimum Gasteiger partial charge on any atom is -0.352 e. The molecule has 3 N–H and O–H groups in total. The Morgan fingerprint density at radius 2 is 1.78 bits per heavy atom. The highest BCUT2D eigenvalue weighted by molar-refractivity contribution is 5.95. The molecule has 1 aliphatic carbocycles. The minimum absolute atomic E-state index is 0.000148. The Labute approximate surface area is 160 Å². The summed E-state index contributed by atoms with van der Waals surface area (Å²) in [4.78, 5) is 38.5. The summed E-state index contributed by atoms with van der Waals surface area (Å²) in [5.74, 6) is 0.341. The van der Waals surface area contributed by atoms with E-state index in [1.54, 1.807) is 12.1 Å². The first-order valence-electron chi connectivity index (χ1n) is 10.0. The molecule has 146 valence electrons. The molecule has 1 aliphatic heterocycles. The Kier molecular flexibility index (Phi) is 6.48. The lowest BCUT2D eigenvalue weighted by molar-refractivity contribution is -0.126. The zero-order valence-corrected chi connectivity index (χ0v) is 15.8. The van der Waals surface area contributed by atoms with Gasteiger partial charge < -0.3 is 16.0 Å². The van der Waals surface area contributed by atoms with Gasteiger partial charge in [0.15, 0.2) is 0 Å². The van der Waals surface area contributed by atoms with E-state index in [1.807, 2.05) is 17.0 Å². The quantitative estimate of drug-likeness (QED) is 0.852. The van der Waals surface area contributed by atoms with Crippen molar-refractivity contribution in [1.29, 1.82) is 0 Å². The maximum atomic E-state index is 13.2. The number of nitrogens with two attached hydrogens (primary N) is 1. The van der Waals surface area contributed by atoms with Crippen molar-refractivity contribution in [3.05, 3.63) is 35.4 Å². The first kappa shape index (κ1) is 19.4. The molecule has 27 heavy (non-hydrogen) atoms. The summed E-state index contributed by atoms with van der Waals surface area (Å²) in [6.45, 7) is 1.06. The van der Waals surface area contributed by atoms with E-state index in [0.717, 1.165) is 57.1 Å². The number of hydrogen-bond donors (Lipinski definition) is 2. The number of nitrogens with zero attached hydrogens (tertiary/aromatic N) is 1. The van der Waals surface area contributed by atoms with Crippen molar-refractivity contribution in [3.63, 3.8) is 0 Å². The smallest absolute Gasteiger partial charge is 0.312 e. The van der Waals surface area contributed by atoms with Crippen molar-refractivity contribution >= 4 is 17.7 Å². The molecule has 3 amide bonds. The molecule has 3 rings (SSSR count). The van der Waals surface area contributed by atoms with Gasteiger partial charge in [-0.05, 0) is 43.4 Å². The van der Waals surface area contributed by atoms with Crippen molar-refractivity contribution in [1.82, 2.24) is 10.2 Å². The molecule has 1 aromatic carbocycles. The van der Waals surface area contributed by atoms with Crippen molar-refractivity contribution in [2.24, 2.45) is 11.7 Å². The number of Topliss-reactive ketones (excluding diaryl/α,β-unsaturated/α-hetero) is 1. The van der Waals surface area contributed by atoms with Gasteiger partial charge in [-0.3, -0.25) is 9.59 Å². The Bertz CT molecular complexity index is 686. The predicted molar refractivity (Wildman–Crippen MR) is 103 cm³/mol. The van der Waals surface area contributed by atoms with Gasteiger partial charge in [-0.2, -0.15) is 0 Å². The Hall–Kier alpha value is -2.37. The number of amides is 3. The van der Waals surface area contributed by atoms with Crippen LogP contribution in [0.1, 0.15) is 67.3 Å². The second-order valence-corrected chi connectivity index (χ2v) is 7.65. The standard InChI is InChI=1S/C21H29N3O3/c22-21(27)23-14-15-9-11-16(12-10-15)20(26)24-13-5-1-2-7-18(24)17-6-3-4-8-19(17)25/h9-12,17-18H,1-8,13-14H2,(H3,22,23,27)/t17-,18-/m0/s1. The molecule has 1 saturated heterocycles. The minimum atomic E-state index is -0.570. The summed E-state index contributed by atoms with van der Waals surface area (Å²) in [5.41, 5.74) is 6.61. The second-order valence-electron chi connectivity index (χ2n) is 7.65. The van der Waals surface area contributed by atoms with Gasteiger partial charge in [-0.25, -0.2) is 4.79 Å². The van der Waals surface area contributed by atoms with Gasteiger partial charge in [-0.15, -0.1) is 0 Å². The SMILES string of the molecule is NC(=O)NCc1ccc(C(=O)N2CCCCC[C@H]2[C@@H]2CCCCC2=O)cc1. The van der Waals surface area contributed by atoms with E-state index in [-0.39, 0.29) is 17.9 Å². The zero-order chi connectivity index (χ0) is 19.2. The van der Waals surface area contributed by atoms with Crippen LogP contribution in [0.4, 0.5) is 4.79 Å².